The minimum absolute atomic E-state index is 0.0604. The molecule has 1 saturated heterocycles. The second kappa shape index (κ2) is 8.88. The third-order valence-electron chi connectivity index (χ3n) is 6.71. The van der Waals surface area contributed by atoms with Crippen molar-refractivity contribution in [1.82, 2.24) is 25.0 Å². The molecule has 10 nitrogen and oxygen atoms in total. The molecule has 1 aromatic carbocycles. The van der Waals surface area contributed by atoms with Crippen LogP contribution in [-0.2, 0) is 20.9 Å². The number of Topliss-reactive ketones (excluding diaryl/α,β-unsaturated/α-hetero) is 1. The molecule has 2 N–H and O–H groups in total. The van der Waals surface area contributed by atoms with E-state index >= 15 is 0 Å². The fraction of sp³-hybridized carbons (Fsp3) is 0.458. The first-order valence-electron chi connectivity index (χ1n) is 11.6. The summed E-state index contributed by atoms with van der Waals surface area (Å²) in [6.07, 6.45) is 1.36. The van der Waals surface area contributed by atoms with Gasteiger partial charge in [0.15, 0.2) is 5.70 Å². The number of hydrogen-bond acceptors (Lipinski definition) is 8. The van der Waals surface area contributed by atoms with E-state index < -0.39 is 17.1 Å². The van der Waals surface area contributed by atoms with Crippen LogP contribution in [0.15, 0.2) is 34.6 Å². The molecule has 11 heteroatoms. The molecule has 184 valence electrons. The summed E-state index contributed by atoms with van der Waals surface area (Å²) in [6.45, 7) is 5.03. The summed E-state index contributed by atoms with van der Waals surface area (Å²) in [5.74, 6) is 0.771. The van der Waals surface area contributed by atoms with Gasteiger partial charge in [-0.3, -0.25) is 9.59 Å². The zero-order chi connectivity index (χ0) is 24.7. The van der Waals surface area contributed by atoms with Crippen LogP contribution in [-0.4, -0.2) is 68.6 Å². The number of ketones is 1. The van der Waals surface area contributed by atoms with E-state index in [4.69, 9.17) is 4.74 Å². The average molecular weight is 483 g/mol. The molecule has 3 aliphatic rings. The molecule has 0 bridgehead atoms. The van der Waals surface area contributed by atoms with Crippen LogP contribution in [0.1, 0.15) is 36.5 Å². The SMILES string of the molecule is Cc1nc(C)n(-c2cc(F)ccc2CNC(=O)C2=C(O)CN3CCOCC4(CCC(=O)C4)C3=N2)n1. The summed E-state index contributed by atoms with van der Waals surface area (Å²) in [4.78, 5) is 36.0. The van der Waals surface area contributed by atoms with Gasteiger partial charge in [-0.1, -0.05) is 6.07 Å². The van der Waals surface area contributed by atoms with Crippen LogP contribution in [0.3, 0.4) is 0 Å². The maximum atomic E-state index is 14.0. The van der Waals surface area contributed by atoms with Gasteiger partial charge in [-0.25, -0.2) is 19.0 Å². The molecular weight excluding hydrogens is 455 g/mol. The van der Waals surface area contributed by atoms with Crippen molar-refractivity contribution in [2.75, 3.05) is 26.3 Å². The van der Waals surface area contributed by atoms with Crippen LogP contribution in [0.25, 0.3) is 5.69 Å². The van der Waals surface area contributed by atoms with Crippen molar-refractivity contribution in [2.45, 2.75) is 39.7 Å². The number of nitrogens with one attached hydrogen (secondary N) is 1. The van der Waals surface area contributed by atoms with Gasteiger partial charge in [0.2, 0.25) is 0 Å². The molecule has 1 aliphatic carbocycles. The van der Waals surface area contributed by atoms with Gasteiger partial charge >= 0.3 is 0 Å². The van der Waals surface area contributed by atoms with Gasteiger partial charge in [-0.15, -0.1) is 0 Å². The molecule has 2 aliphatic heterocycles. The summed E-state index contributed by atoms with van der Waals surface area (Å²) in [6, 6.07) is 4.22. The normalized spacial score (nSPS) is 22.3. The maximum absolute atomic E-state index is 14.0. The van der Waals surface area contributed by atoms with Crippen LogP contribution in [0, 0.1) is 25.1 Å². The minimum Gasteiger partial charge on any atom is -0.508 e. The summed E-state index contributed by atoms with van der Waals surface area (Å²) in [5, 5.41) is 17.8. The van der Waals surface area contributed by atoms with E-state index in [1.807, 2.05) is 4.90 Å². The lowest BCUT2D eigenvalue weighted by molar-refractivity contribution is -0.118. The van der Waals surface area contributed by atoms with Crippen LogP contribution >= 0.6 is 0 Å². The topological polar surface area (TPSA) is 122 Å². The van der Waals surface area contributed by atoms with Gasteiger partial charge in [0.1, 0.15) is 34.8 Å². The van der Waals surface area contributed by atoms with E-state index in [0.29, 0.717) is 67.8 Å². The lowest BCUT2D eigenvalue weighted by atomic mass is 9.84. The number of nitrogens with zero attached hydrogens (tertiary/aromatic N) is 5. The fourth-order valence-electron chi connectivity index (χ4n) is 5.04. The number of aliphatic hydroxyl groups excluding tert-OH is 1. The Balaban J connectivity index is 1.41. The van der Waals surface area contributed by atoms with Crippen molar-refractivity contribution in [3.63, 3.8) is 0 Å². The number of aromatic nitrogens is 3. The number of rotatable bonds is 4. The Morgan fingerprint density at radius 2 is 2.17 bits per heavy atom. The Morgan fingerprint density at radius 1 is 1.34 bits per heavy atom. The molecular formula is C24H27FN6O4. The number of fused-ring (bicyclic) bond motifs is 2. The van der Waals surface area contributed by atoms with Crippen molar-refractivity contribution >= 4 is 17.5 Å². The van der Waals surface area contributed by atoms with Crippen molar-refractivity contribution in [1.29, 1.82) is 0 Å². The Kier molecular flexibility index (Phi) is 5.87. The Hall–Kier alpha value is -3.60. The second-order valence-electron chi connectivity index (χ2n) is 9.27. The van der Waals surface area contributed by atoms with E-state index in [1.165, 1.54) is 16.8 Å². The molecule has 1 amide bonds. The first kappa shape index (κ1) is 23.2. The average Bonchev–Trinajstić information content (AvgIpc) is 3.31. The number of amides is 1. The molecule has 1 unspecified atom stereocenters. The number of hydrogen-bond donors (Lipinski definition) is 2. The van der Waals surface area contributed by atoms with E-state index in [9.17, 15) is 19.1 Å². The predicted octanol–water partition coefficient (Wildman–Crippen LogP) is 1.89. The van der Waals surface area contributed by atoms with Gasteiger partial charge in [0.25, 0.3) is 5.91 Å². The van der Waals surface area contributed by atoms with Gasteiger partial charge in [0.05, 0.1) is 30.9 Å². The monoisotopic (exact) mass is 482 g/mol. The number of ether oxygens (including phenoxy) is 1. The fourth-order valence-corrected chi connectivity index (χ4v) is 5.04. The number of aliphatic hydroxyl groups is 1. The molecule has 0 radical (unpaired) electrons. The highest BCUT2D eigenvalue weighted by Gasteiger charge is 2.48. The zero-order valence-corrected chi connectivity index (χ0v) is 19.7. The van der Waals surface area contributed by atoms with Crippen molar-refractivity contribution in [3.05, 3.63) is 52.7 Å². The highest BCUT2D eigenvalue weighted by Crippen LogP contribution is 2.41. The smallest absolute Gasteiger partial charge is 0.273 e. The number of carbonyl (C=O) groups is 2. The number of amidine groups is 1. The second-order valence-corrected chi connectivity index (χ2v) is 9.27. The third-order valence-corrected chi connectivity index (χ3v) is 6.71. The lowest BCUT2D eigenvalue weighted by Crippen LogP contribution is -2.47. The van der Waals surface area contributed by atoms with Crippen LogP contribution in [0.5, 0.6) is 0 Å². The van der Waals surface area contributed by atoms with E-state index in [2.05, 4.69) is 20.4 Å². The maximum Gasteiger partial charge on any atom is 0.273 e. The van der Waals surface area contributed by atoms with Gasteiger partial charge < -0.3 is 20.1 Å². The molecule has 1 atom stereocenters. The molecule has 3 heterocycles. The van der Waals surface area contributed by atoms with E-state index in [-0.39, 0.29) is 30.3 Å². The first-order valence-corrected chi connectivity index (χ1v) is 11.6. The Morgan fingerprint density at radius 3 is 2.89 bits per heavy atom. The molecule has 1 spiro atoms. The zero-order valence-electron chi connectivity index (χ0n) is 19.7. The predicted molar refractivity (Wildman–Crippen MR) is 123 cm³/mol. The molecule has 2 aromatic rings. The van der Waals surface area contributed by atoms with Crippen molar-refractivity contribution in [2.24, 2.45) is 10.4 Å². The molecule has 5 rings (SSSR count). The standard InChI is InChI=1S/C24H27FN6O4/c1-14-27-15(2)31(29-14)19-9-17(25)4-3-16(19)11-26-22(34)21-20(33)12-30-7-8-35-13-24(23(30)28-21)6-5-18(32)10-24/h3-4,9,33H,5-8,10-13H2,1-2H3,(H,26,34). The third kappa shape index (κ3) is 4.31. The molecule has 2 fully saturated rings. The minimum atomic E-state index is -0.577. The molecule has 1 aromatic heterocycles. The highest BCUT2D eigenvalue weighted by molar-refractivity contribution is 6.02. The summed E-state index contributed by atoms with van der Waals surface area (Å²) in [5.41, 5.74) is 0.436. The number of benzene rings is 1. The number of carbonyl (C=O) groups excluding carboxylic acids is 2. The Bertz CT molecular complexity index is 1270. The summed E-state index contributed by atoms with van der Waals surface area (Å²) < 4.78 is 21.3. The summed E-state index contributed by atoms with van der Waals surface area (Å²) in [7, 11) is 0. The largest absolute Gasteiger partial charge is 0.508 e. The van der Waals surface area contributed by atoms with Crippen LogP contribution < -0.4 is 5.32 Å². The van der Waals surface area contributed by atoms with Gasteiger partial charge in [-0.05, 0) is 38.0 Å². The lowest BCUT2D eigenvalue weighted by Gasteiger charge is -2.36. The molecule has 1 saturated carbocycles. The Labute approximate surface area is 201 Å². The molecule has 35 heavy (non-hydrogen) atoms. The number of halogens is 1. The first-order chi connectivity index (χ1) is 16.8. The number of aliphatic imine (C=N–C) groups is 1. The van der Waals surface area contributed by atoms with Gasteiger partial charge in [-0.2, -0.15) is 5.10 Å². The van der Waals surface area contributed by atoms with E-state index in [0.717, 1.165) is 0 Å². The van der Waals surface area contributed by atoms with Crippen LogP contribution in [0.2, 0.25) is 0 Å². The van der Waals surface area contributed by atoms with Crippen LogP contribution in [0.4, 0.5) is 4.39 Å². The quantitative estimate of drug-likeness (QED) is 0.683. The van der Waals surface area contributed by atoms with Crippen molar-refractivity contribution < 1.29 is 23.8 Å². The van der Waals surface area contributed by atoms with Gasteiger partial charge in [0, 0.05) is 25.9 Å². The summed E-state index contributed by atoms with van der Waals surface area (Å²) >= 11 is 0. The highest BCUT2D eigenvalue weighted by atomic mass is 19.1. The van der Waals surface area contributed by atoms with E-state index in [1.54, 1.807) is 19.9 Å². The number of aryl methyl sites for hydroxylation is 2. The van der Waals surface area contributed by atoms with Crippen molar-refractivity contribution in [3.8, 4) is 5.69 Å².